The first kappa shape index (κ1) is 17.0. The van der Waals surface area contributed by atoms with Crippen LogP contribution >= 0.6 is 0 Å². The minimum absolute atomic E-state index is 0.0178. The van der Waals surface area contributed by atoms with Gasteiger partial charge in [0.15, 0.2) is 0 Å². The number of esters is 1. The van der Waals surface area contributed by atoms with Crippen molar-refractivity contribution >= 4 is 11.9 Å². The number of benzene rings is 2. The van der Waals surface area contributed by atoms with Crippen LogP contribution in [0, 0.1) is 0 Å². The van der Waals surface area contributed by atoms with Crippen molar-refractivity contribution < 1.29 is 24.2 Å². The van der Waals surface area contributed by atoms with E-state index in [1.165, 1.54) is 13.2 Å². The second kappa shape index (κ2) is 7.36. The average Bonchev–Trinajstić information content (AvgIpc) is 2.68. The summed E-state index contributed by atoms with van der Waals surface area (Å²) in [5.74, 6) is -0.746. The van der Waals surface area contributed by atoms with Crippen molar-refractivity contribution in [1.82, 2.24) is 4.90 Å². The number of amides is 1. The number of nitrogens with zero attached hydrogens (tertiary/aromatic N) is 1. The van der Waals surface area contributed by atoms with Gasteiger partial charge in [0, 0.05) is 18.7 Å². The van der Waals surface area contributed by atoms with Gasteiger partial charge in [0.1, 0.15) is 11.3 Å². The molecule has 3 rings (SSSR count). The van der Waals surface area contributed by atoms with Gasteiger partial charge in [-0.1, -0.05) is 18.2 Å². The van der Waals surface area contributed by atoms with Gasteiger partial charge in [-0.15, -0.1) is 0 Å². The fourth-order valence-corrected chi connectivity index (χ4v) is 2.74. The van der Waals surface area contributed by atoms with Crippen LogP contribution in [0.1, 0.15) is 20.7 Å². The first-order valence-electron chi connectivity index (χ1n) is 7.99. The van der Waals surface area contributed by atoms with E-state index in [2.05, 4.69) is 4.74 Å². The molecule has 6 nitrogen and oxygen atoms in total. The number of phenols is 1. The molecule has 2 aromatic rings. The molecule has 0 aliphatic carbocycles. The van der Waals surface area contributed by atoms with Gasteiger partial charge in [-0.2, -0.15) is 0 Å². The Kier molecular flexibility index (Phi) is 5.00. The summed E-state index contributed by atoms with van der Waals surface area (Å²) < 4.78 is 9.93. The molecule has 1 saturated heterocycles. The molecule has 0 atom stereocenters. The molecule has 1 amide bonds. The zero-order chi connectivity index (χ0) is 17.8. The number of carbonyl (C=O) groups excluding carboxylic acids is 2. The van der Waals surface area contributed by atoms with Crippen molar-refractivity contribution in [2.75, 3.05) is 33.4 Å². The molecule has 0 aromatic heterocycles. The third-order valence-electron chi connectivity index (χ3n) is 4.17. The molecule has 1 fully saturated rings. The topological polar surface area (TPSA) is 76.1 Å². The zero-order valence-corrected chi connectivity index (χ0v) is 13.9. The van der Waals surface area contributed by atoms with Crippen LogP contribution in [-0.2, 0) is 9.47 Å². The van der Waals surface area contributed by atoms with E-state index in [0.29, 0.717) is 31.9 Å². The highest BCUT2D eigenvalue weighted by molar-refractivity contribution is 5.95. The summed E-state index contributed by atoms with van der Waals surface area (Å²) in [6.07, 6.45) is 0. The van der Waals surface area contributed by atoms with Crippen LogP contribution in [0.15, 0.2) is 42.5 Å². The van der Waals surface area contributed by atoms with E-state index in [-0.39, 0.29) is 17.2 Å². The van der Waals surface area contributed by atoms with Gasteiger partial charge in [0.25, 0.3) is 5.91 Å². The maximum atomic E-state index is 12.5. The number of phenolic OH excluding ortho intramolecular Hbond substituents is 1. The number of hydrogen-bond acceptors (Lipinski definition) is 5. The second-order valence-corrected chi connectivity index (χ2v) is 5.71. The van der Waals surface area contributed by atoms with E-state index in [1.807, 2.05) is 12.1 Å². The monoisotopic (exact) mass is 341 g/mol. The second-order valence-electron chi connectivity index (χ2n) is 5.71. The van der Waals surface area contributed by atoms with Crippen LogP contribution in [0.25, 0.3) is 11.1 Å². The first-order chi connectivity index (χ1) is 12.1. The summed E-state index contributed by atoms with van der Waals surface area (Å²) in [5, 5.41) is 9.78. The molecule has 0 saturated carbocycles. The van der Waals surface area contributed by atoms with E-state index in [1.54, 1.807) is 29.2 Å². The third kappa shape index (κ3) is 3.64. The number of rotatable bonds is 3. The quantitative estimate of drug-likeness (QED) is 0.867. The lowest BCUT2D eigenvalue weighted by Gasteiger charge is -2.26. The van der Waals surface area contributed by atoms with Gasteiger partial charge in [-0.3, -0.25) is 4.79 Å². The first-order valence-corrected chi connectivity index (χ1v) is 7.99. The molecule has 1 N–H and O–H groups in total. The molecule has 2 aromatic carbocycles. The van der Waals surface area contributed by atoms with Crippen molar-refractivity contribution in [3.63, 3.8) is 0 Å². The summed E-state index contributed by atoms with van der Waals surface area (Å²) in [6.45, 7) is 2.32. The molecule has 0 bridgehead atoms. The molecule has 6 heteroatoms. The highest BCUT2D eigenvalue weighted by atomic mass is 16.5. The lowest BCUT2D eigenvalue weighted by Crippen LogP contribution is -2.40. The smallest absolute Gasteiger partial charge is 0.341 e. The molecule has 0 spiro atoms. The Morgan fingerprint density at radius 2 is 1.68 bits per heavy atom. The number of morpholine rings is 1. The Hall–Kier alpha value is -2.86. The van der Waals surface area contributed by atoms with Crippen molar-refractivity contribution in [2.45, 2.75) is 0 Å². The highest BCUT2D eigenvalue weighted by Crippen LogP contribution is 2.27. The number of carbonyl (C=O) groups is 2. The van der Waals surface area contributed by atoms with Crippen LogP contribution in [0.3, 0.4) is 0 Å². The predicted molar refractivity (Wildman–Crippen MR) is 91.6 cm³/mol. The molecule has 0 unspecified atom stereocenters. The van der Waals surface area contributed by atoms with Gasteiger partial charge >= 0.3 is 5.97 Å². The standard InChI is InChI=1S/C19H19NO5/c1-24-19(23)16-12-15(6-7-17(16)21)13-2-4-14(5-3-13)18(22)20-8-10-25-11-9-20/h2-7,12,21H,8-11H2,1H3. The maximum absolute atomic E-state index is 12.5. The van der Waals surface area contributed by atoms with E-state index < -0.39 is 5.97 Å². The molecule has 130 valence electrons. The van der Waals surface area contributed by atoms with Crippen LogP contribution < -0.4 is 0 Å². The molecular formula is C19H19NO5. The van der Waals surface area contributed by atoms with Crippen molar-refractivity contribution in [3.05, 3.63) is 53.6 Å². The Labute approximate surface area is 145 Å². The summed E-state index contributed by atoms with van der Waals surface area (Å²) in [4.78, 5) is 25.9. The van der Waals surface area contributed by atoms with Crippen LogP contribution in [0.2, 0.25) is 0 Å². The highest BCUT2D eigenvalue weighted by Gasteiger charge is 2.18. The van der Waals surface area contributed by atoms with Gasteiger partial charge in [0.05, 0.1) is 20.3 Å². The van der Waals surface area contributed by atoms with Crippen LogP contribution in [0.5, 0.6) is 5.75 Å². The minimum atomic E-state index is -0.599. The number of methoxy groups -OCH3 is 1. The van der Waals surface area contributed by atoms with Crippen molar-refractivity contribution in [2.24, 2.45) is 0 Å². The van der Waals surface area contributed by atoms with E-state index in [9.17, 15) is 14.7 Å². The molecule has 25 heavy (non-hydrogen) atoms. The average molecular weight is 341 g/mol. The van der Waals surface area contributed by atoms with E-state index in [0.717, 1.165) is 11.1 Å². The maximum Gasteiger partial charge on any atom is 0.341 e. The summed E-state index contributed by atoms with van der Waals surface area (Å²) >= 11 is 0. The minimum Gasteiger partial charge on any atom is -0.507 e. The Morgan fingerprint density at radius 1 is 1.04 bits per heavy atom. The fraction of sp³-hybridized carbons (Fsp3) is 0.263. The lowest BCUT2D eigenvalue weighted by molar-refractivity contribution is 0.0303. The summed E-state index contributed by atoms with van der Waals surface area (Å²) in [6, 6.07) is 11.9. The predicted octanol–water partition coefficient (Wildman–Crippen LogP) is 2.32. The molecule has 1 aliphatic heterocycles. The Morgan fingerprint density at radius 3 is 2.32 bits per heavy atom. The largest absolute Gasteiger partial charge is 0.507 e. The van der Waals surface area contributed by atoms with Gasteiger partial charge in [-0.05, 0) is 35.4 Å². The Balaban J connectivity index is 1.82. The number of aromatic hydroxyl groups is 1. The van der Waals surface area contributed by atoms with Crippen molar-refractivity contribution in [3.8, 4) is 16.9 Å². The van der Waals surface area contributed by atoms with E-state index in [4.69, 9.17) is 4.74 Å². The lowest BCUT2D eigenvalue weighted by atomic mass is 10.0. The van der Waals surface area contributed by atoms with E-state index >= 15 is 0 Å². The van der Waals surface area contributed by atoms with Crippen molar-refractivity contribution in [1.29, 1.82) is 0 Å². The summed E-state index contributed by atoms with van der Waals surface area (Å²) in [5.41, 5.74) is 2.30. The normalized spacial score (nSPS) is 14.2. The fourth-order valence-electron chi connectivity index (χ4n) is 2.74. The van der Waals surface area contributed by atoms with Gasteiger partial charge in [-0.25, -0.2) is 4.79 Å². The molecular weight excluding hydrogens is 322 g/mol. The van der Waals surface area contributed by atoms with Crippen LogP contribution in [0.4, 0.5) is 0 Å². The summed E-state index contributed by atoms with van der Waals surface area (Å²) in [7, 11) is 1.26. The third-order valence-corrected chi connectivity index (χ3v) is 4.17. The number of ether oxygens (including phenoxy) is 2. The van der Waals surface area contributed by atoms with Crippen LogP contribution in [-0.4, -0.2) is 55.3 Å². The zero-order valence-electron chi connectivity index (χ0n) is 13.9. The SMILES string of the molecule is COC(=O)c1cc(-c2ccc(C(=O)N3CCOCC3)cc2)ccc1O. The molecule has 1 heterocycles. The van der Waals surface area contributed by atoms with Gasteiger partial charge in [0.2, 0.25) is 0 Å². The van der Waals surface area contributed by atoms with Gasteiger partial charge < -0.3 is 19.5 Å². The molecule has 0 radical (unpaired) electrons. The Bertz CT molecular complexity index is 779. The number of hydrogen-bond donors (Lipinski definition) is 1. The molecule has 1 aliphatic rings.